The van der Waals surface area contributed by atoms with Crippen molar-refractivity contribution in [2.24, 2.45) is 5.92 Å². The van der Waals surface area contributed by atoms with Crippen molar-refractivity contribution >= 4 is 23.4 Å². The van der Waals surface area contributed by atoms with Crippen LogP contribution in [-0.2, 0) is 4.79 Å². The van der Waals surface area contributed by atoms with Crippen LogP contribution in [0, 0.1) is 16.0 Å². The number of amides is 1. The van der Waals surface area contributed by atoms with Crippen LogP contribution in [0.4, 0.5) is 5.69 Å². The average molecular weight is 323 g/mol. The number of likely N-dealkylation sites (tertiary alicyclic amines) is 1. The molecule has 1 saturated heterocycles. The number of benzene rings is 1. The van der Waals surface area contributed by atoms with Gasteiger partial charge in [0.2, 0.25) is 5.91 Å². The number of thioether (sulfide) groups is 1. The van der Waals surface area contributed by atoms with Crippen molar-refractivity contribution in [3.05, 3.63) is 34.4 Å². The van der Waals surface area contributed by atoms with Crippen molar-refractivity contribution in [3.63, 3.8) is 0 Å². The molecule has 2 rings (SSSR count). The number of carbonyl (C=O) groups is 1. The summed E-state index contributed by atoms with van der Waals surface area (Å²) in [6.07, 6.45) is 2.10. The molecule has 120 valence electrons. The van der Waals surface area contributed by atoms with E-state index in [1.807, 2.05) is 11.9 Å². The first-order chi connectivity index (χ1) is 10.6. The number of hydrogen-bond donors (Lipinski definition) is 1. The predicted octanol–water partition coefficient (Wildman–Crippen LogP) is 2.14. The Hall–Kier alpha value is -1.60. The van der Waals surface area contributed by atoms with E-state index in [0.717, 1.165) is 37.4 Å². The lowest BCUT2D eigenvalue weighted by Crippen LogP contribution is -2.41. The number of nitro benzene ring substituents is 1. The molecule has 1 aromatic rings. The Balaban J connectivity index is 1.77. The molecular weight excluding hydrogens is 302 g/mol. The molecule has 6 nitrogen and oxygen atoms in total. The van der Waals surface area contributed by atoms with Gasteiger partial charge in [0.1, 0.15) is 0 Å². The second kappa shape index (κ2) is 8.14. The molecule has 1 N–H and O–H groups in total. The lowest BCUT2D eigenvalue weighted by atomic mass is 9.97. The minimum absolute atomic E-state index is 0.0716. The van der Waals surface area contributed by atoms with E-state index in [1.54, 1.807) is 12.1 Å². The average Bonchev–Trinajstić information content (AvgIpc) is 2.54. The van der Waals surface area contributed by atoms with Gasteiger partial charge in [-0.25, -0.2) is 0 Å². The second-order valence-electron chi connectivity index (χ2n) is 5.42. The maximum absolute atomic E-state index is 12.2. The fourth-order valence-corrected chi connectivity index (χ4v) is 3.38. The molecule has 0 bridgehead atoms. The fourth-order valence-electron chi connectivity index (χ4n) is 2.58. The number of nitrogens with zero attached hydrogens (tertiary/aromatic N) is 2. The maximum Gasteiger partial charge on any atom is 0.269 e. The Labute approximate surface area is 134 Å². The minimum Gasteiger partial charge on any atom is -0.342 e. The van der Waals surface area contributed by atoms with Crippen LogP contribution >= 0.6 is 11.8 Å². The zero-order chi connectivity index (χ0) is 15.9. The van der Waals surface area contributed by atoms with Crippen LogP contribution in [0.2, 0.25) is 0 Å². The van der Waals surface area contributed by atoms with Crippen molar-refractivity contribution in [3.8, 4) is 0 Å². The molecule has 0 aromatic heterocycles. The van der Waals surface area contributed by atoms with Crippen LogP contribution in [0.3, 0.4) is 0 Å². The fraction of sp³-hybridized carbons (Fsp3) is 0.533. The summed E-state index contributed by atoms with van der Waals surface area (Å²) in [5.41, 5.74) is 0.0716. The summed E-state index contributed by atoms with van der Waals surface area (Å²) in [6, 6.07) is 6.32. The van der Waals surface area contributed by atoms with Gasteiger partial charge in [0.25, 0.3) is 5.69 Å². The quantitative estimate of drug-likeness (QED) is 0.493. The molecular formula is C15H21N3O3S. The van der Waals surface area contributed by atoms with E-state index in [4.69, 9.17) is 0 Å². The Kier molecular flexibility index (Phi) is 6.21. The topological polar surface area (TPSA) is 75.5 Å². The zero-order valence-electron chi connectivity index (χ0n) is 12.7. The summed E-state index contributed by atoms with van der Waals surface area (Å²) in [5.74, 6) is 1.19. The third kappa shape index (κ3) is 4.71. The Bertz CT molecular complexity index is 513. The van der Waals surface area contributed by atoms with Crippen molar-refractivity contribution < 1.29 is 9.72 Å². The van der Waals surface area contributed by atoms with Crippen molar-refractivity contribution in [2.75, 3.05) is 32.4 Å². The number of nitrogens with one attached hydrogen (secondary N) is 1. The van der Waals surface area contributed by atoms with Crippen LogP contribution in [0.1, 0.15) is 12.8 Å². The smallest absolute Gasteiger partial charge is 0.269 e. The highest BCUT2D eigenvalue weighted by Crippen LogP contribution is 2.23. The number of hydrogen-bond acceptors (Lipinski definition) is 5. The predicted molar refractivity (Wildman–Crippen MR) is 87.1 cm³/mol. The van der Waals surface area contributed by atoms with Crippen LogP contribution in [-0.4, -0.2) is 48.2 Å². The van der Waals surface area contributed by atoms with Gasteiger partial charge in [-0.2, -0.15) is 0 Å². The first kappa shape index (κ1) is 16.8. The van der Waals surface area contributed by atoms with Gasteiger partial charge in [-0.1, -0.05) is 0 Å². The zero-order valence-corrected chi connectivity index (χ0v) is 13.5. The number of non-ortho nitro benzene ring substituents is 1. The van der Waals surface area contributed by atoms with Gasteiger partial charge in [-0.15, -0.1) is 11.8 Å². The molecule has 1 aromatic carbocycles. The largest absolute Gasteiger partial charge is 0.342 e. The summed E-state index contributed by atoms with van der Waals surface area (Å²) in [6.45, 7) is 2.66. The van der Waals surface area contributed by atoms with Crippen molar-refractivity contribution in [1.82, 2.24) is 10.2 Å². The first-order valence-corrected chi connectivity index (χ1v) is 8.38. The lowest BCUT2D eigenvalue weighted by Gasteiger charge is -2.31. The molecule has 1 heterocycles. The van der Waals surface area contributed by atoms with E-state index < -0.39 is 4.92 Å². The number of piperidine rings is 1. The molecule has 0 aliphatic carbocycles. The van der Waals surface area contributed by atoms with Gasteiger partial charge >= 0.3 is 0 Å². The van der Waals surface area contributed by atoms with E-state index in [2.05, 4.69) is 5.32 Å². The van der Waals surface area contributed by atoms with Gasteiger partial charge in [-0.3, -0.25) is 14.9 Å². The maximum atomic E-state index is 12.2. The second-order valence-corrected chi connectivity index (χ2v) is 6.47. The number of nitro groups is 1. The highest BCUT2D eigenvalue weighted by molar-refractivity contribution is 8.00. The van der Waals surface area contributed by atoms with E-state index in [1.165, 1.54) is 23.9 Å². The van der Waals surface area contributed by atoms with Gasteiger partial charge in [0.15, 0.2) is 0 Å². The van der Waals surface area contributed by atoms with Crippen molar-refractivity contribution in [2.45, 2.75) is 17.7 Å². The summed E-state index contributed by atoms with van der Waals surface area (Å²) in [4.78, 5) is 25.2. The van der Waals surface area contributed by atoms with Crippen LogP contribution < -0.4 is 5.32 Å². The van der Waals surface area contributed by atoms with E-state index in [9.17, 15) is 14.9 Å². The molecule has 1 aliphatic heterocycles. The third-order valence-electron chi connectivity index (χ3n) is 3.87. The summed E-state index contributed by atoms with van der Waals surface area (Å²) < 4.78 is 0. The van der Waals surface area contributed by atoms with E-state index in [0.29, 0.717) is 11.7 Å². The van der Waals surface area contributed by atoms with Crippen LogP contribution in [0.25, 0.3) is 0 Å². The van der Waals surface area contributed by atoms with Gasteiger partial charge < -0.3 is 10.2 Å². The molecule has 0 unspecified atom stereocenters. The van der Waals surface area contributed by atoms with Gasteiger partial charge in [0, 0.05) is 30.1 Å². The van der Waals surface area contributed by atoms with Crippen LogP contribution in [0.15, 0.2) is 29.2 Å². The first-order valence-electron chi connectivity index (χ1n) is 7.39. The highest BCUT2D eigenvalue weighted by Gasteiger charge is 2.22. The normalized spacial score (nSPS) is 15.8. The monoisotopic (exact) mass is 323 g/mol. The molecule has 7 heteroatoms. The molecule has 0 saturated carbocycles. The molecule has 22 heavy (non-hydrogen) atoms. The van der Waals surface area contributed by atoms with Crippen molar-refractivity contribution in [1.29, 1.82) is 0 Å². The molecule has 1 amide bonds. The highest BCUT2D eigenvalue weighted by atomic mass is 32.2. The molecule has 1 fully saturated rings. The number of carbonyl (C=O) groups excluding carboxylic acids is 1. The van der Waals surface area contributed by atoms with E-state index >= 15 is 0 Å². The number of rotatable bonds is 6. The molecule has 0 atom stereocenters. The Morgan fingerprint density at radius 3 is 2.55 bits per heavy atom. The third-order valence-corrected chi connectivity index (χ3v) is 4.87. The summed E-state index contributed by atoms with van der Waals surface area (Å²) >= 11 is 1.43. The minimum atomic E-state index is -0.422. The summed E-state index contributed by atoms with van der Waals surface area (Å²) in [5, 5.41) is 13.8. The Morgan fingerprint density at radius 1 is 1.36 bits per heavy atom. The standard InChI is InChI=1S/C15H21N3O3S/c1-16-10-12-6-8-17(9-7-12)15(19)11-22-14-4-2-13(3-5-14)18(20)21/h2-5,12,16H,6-11H2,1H3. The molecule has 1 aliphatic rings. The van der Waals surface area contributed by atoms with E-state index in [-0.39, 0.29) is 11.6 Å². The SMILES string of the molecule is CNCC1CCN(C(=O)CSc2ccc([N+](=O)[O-])cc2)CC1. The lowest BCUT2D eigenvalue weighted by molar-refractivity contribution is -0.384. The molecule has 0 spiro atoms. The van der Waals surface area contributed by atoms with Gasteiger partial charge in [0.05, 0.1) is 10.7 Å². The molecule has 0 radical (unpaired) electrons. The Morgan fingerprint density at radius 2 is 2.00 bits per heavy atom. The van der Waals surface area contributed by atoms with Crippen LogP contribution in [0.5, 0.6) is 0 Å². The van der Waals surface area contributed by atoms with Gasteiger partial charge in [-0.05, 0) is 44.5 Å². The summed E-state index contributed by atoms with van der Waals surface area (Å²) in [7, 11) is 1.96.